The lowest BCUT2D eigenvalue weighted by Gasteiger charge is -2.07. The highest BCUT2D eigenvalue weighted by atomic mass is 16.1. The molecule has 3 N–H and O–H groups in total. The molecule has 0 aliphatic rings. The fourth-order valence-electron chi connectivity index (χ4n) is 1.86. The van der Waals surface area contributed by atoms with E-state index in [2.05, 4.69) is 28.6 Å². The molecule has 0 saturated heterocycles. The van der Waals surface area contributed by atoms with Crippen molar-refractivity contribution in [3.05, 3.63) is 54.1 Å². The smallest absolute Gasteiger partial charge is 0.284 e. The van der Waals surface area contributed by atoms with Crippen molar-refractivity contribution in [2.24, 2.45) is 5.73 Å². The third-order valence-electron chi connectivity index (χ3n) is 2.80. The first-order chi connectivity index (χ1) is 9.27. The minimum Gasteiger partial charge on any atom is -0.363 e. The summed E-state index contributed by atoms with van der Waals surface area (Å²) in [5, 5.41) is 3.35. The fourth-order valence-corrected chi connectivity index (χ4v) is 1.86. The number of nitrogens with one attached hydrogen (secondary N) is 1. The monoisotopic (exact) mass is 257 g/mol. The second kappa shape index (κ2) is 6.70. The van der Waals surface area contributed by atoms with Gasteiger partial charge < -0.3 is 15.6 Å². The van der Waals surface area contributed by atoms with Crippen molar-refractivity contribution in [3.8, 4) is 0 Å². The summed E-state index contributed by atoms with van der Waals surface area (Å²) >= 11 is 0. The number of amides is 1. The van der Waals surface area contributed by atoms with Crippen LogP contribution in [0.5, 0.6) is 0 Å². The van der Waals surface area contributed by atoms with Gasteiger partial charge in [-0.3, -0.25) is 4.79 Å². The van der Waals surface area contributed by atoms with Gasteiger partial charge in [0.1, 0.15) is 6.20 Å². The summed E-state index contributed by atoms with van der Waals surface area (Å²) in [5.74, 6) is -0.249. The highest BCUT2D eigenvalue weighted by Gasteiger charge is 2.07. The van der Waals surface area contributed by atoms with E-state index in [0.29, 0.717) is 6.54 Å². The number of primary amides is 1. The predicted molar refractivity (Wildman–Crippen MR) is 72.3 cm³/mol. The maximum Gasteiger partial charge on any atom is 0.284 e. The summed E-state index contributed by atoms with van der Waals surface area (Å²) in [5.41, 5.74) is 6.47. The molecule has 0 saturated carbocycles. The predicted octanol–water partition coefficient (Wildman–Crippen LogP) is 0.962. The van der Waals surface area contributed by atoms with Gasteiger partial charge in [-0.25, -0.2) is 4.98 Å². The molecule has 0 fully saturated rings. The zero-order chi connectivity index (χ0) is 13.5. The number of hydrogen-bond acceptors (Lipinski definition) is 3. The van der Waals surface area contributed by atoms with Gasteiger partial charge in [-0.1, -0.05) is 30.3 Å². The zero-order valence-electron chi connectivity index (χ0n) is 10.7. The van der Waals surface area contributed by atoms with Crippen LogP contribution in [0.3, 0.4) is 0 Å². The van der Waals surface area contributed by atoms with Gasteiger partial charge in [-0.2, -0.15) is 0 Å². The highest BCUT2D eigenvalue weighted by Crippen LogP contribution is 1.99. The Morgan fingerprint density at radius 1 is 1.37 bits per heavy atom. The third kappa shape index (κ3) is 3.93. The van der Waals surface area contributed by atoms with Crippen LogP contribution in [0.25, 0.3) is 0 Å². The summed E-state index contributed by atoms with van der Waals surface area (Å²) < 4.78 is 1.73. The van der Waals surface area contributed by atoms with Gasteiger partial charge in [0.15, 0.2) is 5.82 Å². The Balaban J connectivity index is 1.70. The molecule has 1 aromatic carbocycles. The summed E-state index contributed by atoms with van der Waals surface area (Å²) in [6, 6.07) is 10.2. The molecule has 99 valence electrons. The maximum atomic E-state index is 11.1. The molecule has 0 aliphatic carbocycles. The van der Waals surface area contributed by atoms with Gasteiger partial charge >= 0.3 is 0 Å². The summed E-state index contributed by atoms with van der Waals surface area (Å²) in [7, 11) is 0. The van der Waals surface area contributed by atoms with E-state index in [1.807, 2.05) is 18.2 Å². The van der Waals surface area contributed by atoms with Crippen LogP contribution in [0.15, 0.2) is 36.5 Å². The SMILES string of the molecule is NC(=O)c1n[c]cn1CCCNCc1ccccc1. The van der Waals surface area contributed by atoms with Crippen molar-refractivity contribution in [1.29, 1.82) is 0 Å². The van der Waals surface area contributed by atoms with Crippen LogP contribution < -0.4 is 11.1 Å². The average molecular weight is 257 g/mol. The molecule has 1 radical (unpaired) electrons. The van der Waals surface area contributed by atoms with Gasteiger partial charge in [-0.05, 0) is 18.5 Å². The van der Waals surface area contributed by atoms with E-state index in [0.717, 1.165) is 19.5 Å². The van der Waals surface area contributed by atoms with E-state index < -0.39 is 5.91 Å². The van der Waals surface area contributed by atoms with E-state index in [-0.39, 0.29) is 5.82 Å². The number of aryl methyl sites for hydroxylation is 1. The van der Waals surface area contributed by atoms with Crippen molar-refractivity contribution < 1.29 is 4.79 Å². The van der Waals surface area contributed by atoms with Crippen LogP contribution in [0.4, 0.5) is 0 Å². The molecule has 0 bridgehead atoms. The van der Waals surface area contributed by atoms with Gasteiger partial charge in [0, 0.05) is 19.3 Å². The second-order valence-corrected chi connectivity index (χ2v) is 4.27. The molecule has 1 aromatic heterocycles. The van der Waals surface area contributed by atoms with Crippen LogP contribution >= 0.6 is 0 Å². The molecular weight excluding hydrogens is 240 g/mol. The molecule has 5 nitrogen and oxygen atoms in total. The fraction of sp³-hybridized carbons (Fsp3) is 0.286. The lowest BCUT2D eigenvalue weighted by molar-refractivity contribution is 0.0986. The third-order valence-corrected chi connectivity index (χ3v) is 2.80. The zero-order valence-corrected chi connectivity index (χ0v) is 10.7. The van der Waals surface area contributed by atoms with Crippen LogP contribution in [0.2, 0.25) is 0 Å². The average Bonchev–Trinajstić information content (AvgIpc) is 2.88. The van der Waals surface area contributed by atoms with Gasteiger partial charge in [-0.15, -0.1) is 0 Å². The standard InChI is InChI=1S/C14H17N4O/c15-13(19)14-17-8-10-18(14)9-4-7-16-11-12-5-2-1-3-6-12/h1-3,5-6,10,16H,4,7,9,11H2,(H2,15,19). The van der Waals surface area contributed by atoms with Crippen molar-refractivity contribution in [1.82, 2.24) is 14.9 Å². The Labute approximate surface area is 112 Å². The Morgan fingerprint density at radius 3 is 2.89 bits per heavy atom. The van der Waals surface area contributed by atoms with E-state index >= 15 is 0 Å². The lowest BCUT2D eigenvalue weighted by atomic mass is 10.2. The molecule has 1 amide bonds. The summed E-state index contributed by atoms with van der Waals surface area (Å²) in [6.07, 6.45) is 5.19. The molecule has 1 heterocycles. The summed E-state index contributed by atoms with van der Waals surface area (Å²) in [4.78, 5) is 14.9. The minimum absolute atomic E-state index is 0.267. The maximum absolute atomic E-state index is 11.1. The second-order valence-electron chi connectivity index (χ2n) is 4.27. The van der Waals surface area contributed by atoms with E-state index in [1.165, 1.54) is 5.56 Å². The van der Waals surface area contributed by atoms with E-state index in [9.17, 15) is 4.79 Å². The van der Waals surface area contributed by atoms with Gasteiger partial charge in [0.05, 0.1) is 0 Å². The quantitative estimate of drug-likeness (QED) is 0.726. The Bertz CT molecular complexity index is 521. The number of nitrogens with zero attached hydrogens (tertiary/aromatic N) is 2. The number of hydrogen-bond donors (Lipinski definition) is 2. The molecule has 0 atom stereocenters. The van der Waals surface area contributed by atoms with E-state index in [4.69, 9.17) is 5.73 Å². The van der Waals surface area contributed by atoms with Crippen LogP contribution in [0.1, 0.15) is 22.6 Å². The van der Waals surface area contributed by atoms with Gasteiger partial charge in [0.2, 0.25) is 0 Å². The summed E-state index contributed by atoms with van der Waals surface area (Å²) in [6.45, 7) is 2.42. The Morgan fingerprint density at radius 2 is 2.16 bits per heavy atom. The largest absolute Gasteiger partial charge is 0.363 e. The molecule has 2 aromatic rings. The van der Waals surface area contributed by atoms with Gasteiger partial charge in [0.25, 0.3) is 5.91 Å². The molecule has 5 heteroatoms. The number of rotatable bonds is 7. The molecule has 0 unspecified atom stereocenters. The van der Waals surface area contributed by atoms with Crippen molar-refractivity contribution in [3.63, 3.8) is 0 Å². The number of benzene rings is 1. The van der Waals surface area contributed by atoms with Crippen LogP contribution in [-0.2, 0) is 13.1 Å². The van der Waals surface area contributed by atoms with Crippen LogP contribution in [0, 0.1) is 6.20 Å². The van der Waals surface area contributed by atoms with Crippen molar-refractivity contribution in [2.45, 2.75) is 19.5 Å². The minimum atomic E-state index is -0.515. The van der Waals surface area contributed by atoms with Crippen molar-refractivity contribution in [2.75, 3.05) is 6.54 Å². The first-order valence-electron chi connectivity index (χ1n) is 6.25. The lowest BCUT2D eigenvalue weighted by Crippen LogP contribution is -2.20. The Kier molecular flexibility index (Phi) is 4.69. The number of aromatic nitrogens is 2. The van der Waals surface area contributed by atoms with Crippen molar-refractivity contribution >= 4 is 5.91 Å². The topological polar surface area (TPSA) is 72.9 Å². The number of carbonyl (C=O) groups is 1. The molecular formula is C14H17N4O. The molecule has 0 spiro atoms. The number of carbonyl (C=O) groups excluding carboxylic acids is 1. The highest BCUT2D eigenvalue weighted by molar-refractivity contribution is 5.89. The first kappa shape index (κ1) is 13.3. The first-order valence-corrected chi connectivity index (χ1v) is 6.25. The normalized spacial score (nSPS) is 10.5. The van der Waals surface area contributed by atoms with Crippen LogP contribution in [-0.4, -0.2) is 22.0 Å². The van der Waals surface area contributed by atoms with E-state index in [1.54, 1.807) is 10.8 Å². The molecule has 2 rings (SSSR count). The number of nitrogens with two attached hydrogens (primary N) is 1. The molecule has 0 aliphatic heterocycles. The number of imidazole rings is 1. The Hall–Kier alpha value is -2.14. The molecule has 19 heavy (non-hydrogen) atoms.